The van der Waals surface area contributed by atoms with Crippen LogP contribution in [0.5, 0.6) is 0 Å². The summed E-state index contributed by atoms with van der Waals surface area (Å²) in [5, 5.41) is 18.2. The molecule has 18 heavy (non-hydrogen) atoms. The summed E-state index contributed by atoms with van der Waals surface area (Å²) in [6.45, 7) is 0.534. The third kappa shape index (κ3) is 2.45. The second-order valence-electron chi connectivity index (χ2n) is 4.48. The molecule has 1 heterocycles. The van der Waals surface area contributed by atoms with Crippen LogP contribution < -0.4 is 0 Å². The smallest absolute Gasteiger partial charge is 0.407 e. The summed E-state index contributed by atoms with van der Waals surface area (Å²) in [6.07, 6.45) is -0.624. The normalized spacial score (nSPS) is 23.7. The largest absolute Gasteiger partial charge is 0.481 e. The van der Waals surface area contributed by atoms with Crippen molar-refractivity contribution in [2.75, 3.05) is 13.1 Å². The Morgan fingerprint density at radius 1 is 1.17 bits per heavy atom. The maximum absolute atomic E-state index is 11.2. The molecule has 0 aromatic heterocycles. The first-order valence-electron chi connectivity index (χ1n) is 5.85. The Balaban J connectivity index is 2.25. The number of carbonyl (C=O) groups is 2. The lowest BCUT2D eigenvalue weighted by molar-refractivity contribution is -0.144. The molecule has 0 bridgehead atoms. The molecule has 0 spiro atoms. The zero-order chi connectivity index (χ0) is 13.1. The van der Waals surface area contributed by atoms with Gasteiger partial charge in [0.05, 0.1) is 5.92 Å². The number of hydrogen-bond donors (Lipinski definition) is 2. The van der Waals surface area contributed by atoms with E-state index in [1.54, 1.807) is 0 Å². The van der Waals surface area contributed by atoms with Crippen molar-refractivity contribution in [1.29, 1.82) is 0 Å². The highest BCUT2D eigenvalue weighted by atomic mass is 16.4. The Morgan fingerprint density at radius 2 is 1.83 bits per heavy atom. The number of nitrogens with zero attached hydrogens (tertiary/aromatic N) is 1. The fourth-order valence-electron chi connectivity index (χ4n) is 2.46. The van der Waals surface area contributed by atoms with E-state index in [0.717, 1.165) is 5.56 Å². The first-order chi connectivity index (χ1) is 8.59. The van der Waals surface area contributed by atoms with Gasteiger partial charge >= 0.3 is 12.1 Å². The van der Waals surface area contributed by atoms with Crippen molar-refractivity contribution in [1.82, 2.24) is 4.90 Å². The number of carboxylic acid groups (broad SMARTS) is 2. The van der Waals surface area contributed by atoms with Gasteiger partial charge in [0, 0.05) is 19.0 Å². The lowest BCUT2D eigenvalue weighted by Gasteiger charge is -2.35. The van der Waals surface area contributed by atoms with Gasteiger partial charge in [0.1, 0.15) is 0 Å². The van der Waals surface area contributed by atoms with Gasteiger partial charge in [0.25, 0.3) is 0 Å². The molecular weight excluding hydrogens is 234 g/mol. The van der Waals surface area contributed by atoms with Crippen LogP contribution in [0.15, 0.2) is 30.3 Å². The van der Waals surface area contributed by atoms with E-state index in [9.17, 15) is 14.7 Å². The molecule has 1 aromatic carbocycles. The van der Waals surface area contributed by atoms with E-state index in [4.69, 9.17) is 5.11 Å². The number of likely N-dealkylation sites (tertiary alicyclic amines) is 1. The summed E-state index contributed by atoms with van der Waals surface area (Å²) < 4.78 is 0. The van der Waals surface area contributed by atoms with Crippen molar-refractivity contribution < 1.29 is 19.8 Å². The summed E-state index contributed by atoms with van der Waals surface area (Å²) in [5.41, 5.74) is 0.885. The molecule has 0 radical (unpaired) electrons. The third-order valence-electron chi connectivity index (χ3n) is 3.43. The second-order valence-corrected chi connectivity index (χ2v) is 4.48. The van der Waals surface area contributed by atoms with Crippen molar-refractivity contribution in [3.63, 3.8) is 0 Å². The highest BCUT2D eigenvalue weighted by molar-refractivity contribution is 5.73. The molecule has 0 saturated carbocycles. The fraction of sp³-hybridized carbons (Fsp3) is 0.385. The maximum Gasteiger partial charge on any atom is 0.407 e. The Bertz CT molecular complexity index is 446. The van der Waals surface area contributed by atoms with E-state index in [1.807, 2.05) is 30.3 Å². The van der Waals surface area contributed by atoms with Crippen LogP contribution in [-0.4, -0.2) is 40.3 Å². The number of hydrogen-bond acceptors (Lipinski definition) is 2. The minimum atomic E-state index is -0.986. The maximum atomic E-state index is 11.2. The Hall–Kier alpha value is -2.04. The number of amides is 1. The Kier molecular flexibility index (Phi) is 3.50. The topological polar surface area (TPSA) is 77.8 Å². The number of piperidine rings is 1. The van der Waals surface area contributed by atoms with E-state index in [-0.39, 0.29) is 19.0 Å². The Labute approximate surface area is 105 Å². The van der Waals surface area contributed by atoms with E-state index in [1.165, 1.54) is 4.90 Å². The second kappa shape index (κ2) is 5.08. The van der Waals surface area contributed by atoms with E-state index < -0.39 is 18.0 Å². The van der Waals surface area contributed by atoms with Crippen molar-refractivity contribution in [3.05, 3.63) is 35.9 Å². The first kappa shape index (κ1) is 12.4. The lowest BCUT2D eigenvalue weighted by atomic mass is 9.81. The van der Waals surface area contributed by atoms with Gasteiger partial charge in [0.15, 0.2) is 0 Å². The minimum Gasteiger partial charge on any atom is -0.481 e. The van der Waals surface area contributed by atoms with Gasteiger partial charge in [-0.25, -0.2) is 4.79 Å². The molecule has 1 aliphatic heterocycles. The third-order valence-corrected chi connectivity index (χ3v) is 3.43. The molecule has 0 unspecified atom stereocenters. The van der Waals surface area contributed by atoms with Gasteiger partial charge in [-0.3, -0.25) is 4.79 Å². The average Bonchev–Trinajstić information content (AvgIpc) is 2.39. The van der Waals surface area contributed by atoms with Crippen LogP contribution >= 0.6 is 0 Å². The monoisotopic (exact) mass is 249 g/mol. The van der Waals surface area contributed by atoms with Gasteiger partial charge in [-0.05, 0) is 12.0 Å². The molecule has 1 fully saturated rings. The van der Waals surface area contributed by atoms with Gasteiger partial charge in [-0.1, -0.05) is 30.3 Å². The average molecular weight is 249 g/mol. The zero-order valence-corrected chi connectivity index (χ0v) is 9.82. The van der Waals surface area contributed by atoms with E-state index in [2.05, 4.69) is 0 Å². The summed E-state index contributed by atoms with van der Waals surface area (Å²) >= 11 is 0. The van der Waals surface area contributed by atoms with Gasteiger partial charge in [-0.15, -0.1) is 0 Å². The van der Waals surface area contributed by atoms with Crippen molar-refractivity contribution >= 4 is 12.1 Å². The summed E-state index contributed by atoms with van der Waals surface area (Å²) in [7, 11) is 0. The standard InChI is InChI=1S/C13H15NO4/c15-12(16)10-6-7-14(13(17)18)8-11(10)9-4-2-1-3-5-9/h1-5,10-11H,6-8H2,(H,15,16)(H,17,18)/t10-,11+/m1/s1. The quantitative estimate of drug-likeness (QED) is 0.838. The number of rotatable bonds is 2. The molecule has 96 valence electrons. The molecule has 2 rings (SSSR count). The van der Waals surface area contributed by atoms with Crippen LogP contribution in [0.25, 0.3) is 0 Å². The van der Waals surface area contributed by atoms with Gasteiger partial charge in [-0.2, -0.15) is 0 Å². The fourth-order valence-corrected chi connectivity index (χ4v) is 2.46. The molecule has 1 aromatic rings. The highest BCUT2D eigenvalue weighted by Gasteiger charge is 2.36. The van der Waals surface area contributed by atoms with Gasteiger partial charge < -0.3 is 15.1 Å². The number of aliphatic carboxylic acids is 1. The first-order valence-corrected chi connectivity index (χ1v) is 5.85. The molecule has 2 N–H and O–H groups in total. The van der Waals surface area contributed by atoms with Crippen molar-refractivity contribution in [2.24, 2.45) is 5.92 Å². The van der Waals surface area contributed by atoms with Crippen LogP contribution in [0, 0.1) is 5.92 Å². The molecule has 0 aliphatic carbocycles. The molecule has 1 aliphatic rings. The molecule has 1 saturated heterocycles. The minimum absolute atomic E-state index is 0.246. The van der Waals surface area contributed by atoms with E-state index >= 15 is 0 Å². The van der Waals surface area contributed by atoms with Crippen LogP contribution in [-0.2, 0) is 4.79 Å². The number of carboxylic acids is 1. The summed E-state index contributed by atoms with van der Waals surface area (Å²) in [6, 6.07) is 9.25. The molecule has 5 heteroatoms. The van der Waals surface area contributed by atoms with Crippen molar-refractivity contribution in [3.8, 4) is 0 Å². The summed E-state index contributed by atoms with van der Waals surface area (Å²) in [5.74, 6) is -1.63. The molecular formula is C13H15NO4. The SMILES string of the molecule is O=C(O)[C@@H]1CCN(C(=O)O)C[C@H]1c1ccccc1. The highest BCUT2D eigenvalue weighted by Crippen LogP contribution is 2.32. The summed E-state index contributed by atoms with van der Waals surface area (Å²) in [4.78, 5) is 23.5. The zero-order valence-electron chi connectivity index (χ0n) is 9.82. The lowest BCUT2D eigenvalue weighted by Crippen LogP contribution is -2.44. The predicted octanol–water partition coefficient (Wildman–Crippen LogP) is 1.85. The van der Waals surface area contributed by atoms with Gasteiger partial charge in [0.2, 0.25) is 0 Å². The van der Waals surface area contributed by atoms with E-state index in [0.29, 0.717) is 6.42 Å². The predicted molar refractivity (Wildman–Crippen MR) is 64.5 cm³/mol. The van der Waals surface area contributed by atoms with Crippen LogP contribution in [0.1, 0.15) is 17.9 Å². The van der Waals surface area contributed by atoms with Crippen LogP contribution in [0.2, 0.25) is 0 Å². The van der Waals surface area contributed by atoms with Crippen molar-refractivity contribution in [2.45, 2.75) is 12.3 Å². The van der Waals surface area contributed by atoms with Crippen LogP contribution in [0.4, 0.5) is 4.79 Å². The molecule has 1 amide bonds. The van der Waals surface area contributed by atoms with Crippen LogP contribution in [0.3, 0.4) is 0 Å². The number of benzene rings is 1. The molecule has 5 nitrogen and oxygen atoms in total. The Morgan fingerprint density at radius 3 is 2.39 bits per heavy atom. The molecule has 2 atom stereocenters.